The summed E-state index contributed by atoms with van der Waals surface area (Å²) in [6.07, 6.45) is 3.21. The van der Waals surface area contributed by atoms with Crippen LogP contribution in [0.15, 0.2) is 12.7 Å². The summed E-state index contributed by atoms with van der Waals surface area (Å²) < 4.78 is 0. The van der Waals surface area contributed by atoms with Crippen LogP contribution < -0.4 is 5.73 Å². The summed E-state index contributed by atoms with van der Waals surface area (Å²) in [6.45, 7) is 3.62. The number of hydrogen-bond donors (Lipinski definition) is 2. The monoisotopic (exact) mass is 155 g/mol. The fraction of sp³-hybridized carbons (Fsp3) is 0.625. The van der Waals surface area contributed by atoms with E-state index in [4.69, 9.17) is 10.8 Å². The molecule has 0 bridgehead atoms. The molecule has 0 radical (unpaired) electrons. The van der Waals surface area contributed by atoms with E-state index in [1.807, 2.05) is 0 Å². The van der Waals surface area contributed by atoms with Crippen molar-refractivity contribution >= 4 is 5.97 Å². The first-order chi connectivity index (χ1) is 5.15. The van der Waals surface area contributed by atoms with Crippen LogP contribution in [0.2, 0.25) is 0 Å². The van der Waals surface area contributed by atoms with Gasteiger partial charge in [-0.3, -0.25) is 4.79 Å². The van der Waals surface area contributed by atoms with Crippen molar-refractivity contribution in [2.75, 3.05) is 0 Å². The van der Waals surface area contributed by atoms with Crippen molar-refractivity contribution in [1.29, 1.82) is 0 Å². The van der Waals surface area contributed by atoms with Crippen LogP contribution in [-0.4, -0.2) is 17.1 Å². The molecule has 1 fully saturated rings. The maximum absolute atomic E-state index is 10.6. The number of carboxylic acid groups (broad SMARTS) is 1. The highest BCUT2D eigenvalue weighted by atomic mass is 16.4. The van der Waals surface area contributed by atoms with E-state index in [2.05, 4.69) is 6.58 Å². The van der Waals surface area contributed by atoms with Crippen molar-refractivity contribution in [2.24, 2.45) is 17.6 Å². The van der Waals surface area contributed by atoms with E-state index in [9.17, 15) is 4.79 Å². The molecule has 0 saturated heterocycles. The maximum atomic E-state index is 10.6. The zero-order chi connectivity index (χ0) is 8.43. The Morgan fingerprint density at radius 2 is 2.27 bits per heavy atom. The summed E-state index contributed by atoms with van der Waals surface area (Å²) in [7, 11) is 0. The molecule has 1 rings (SSSR count). The lowest BCUT2D eigenvalue weighted by molar-refractivity contribution is -0.141. The summed E-state index contributed by atoms with van der Waals surface area (Å²) in [5.41, 5.74) is 5.62. The lowest BCUT2D eigenvalue weighted by Crippen LogP contribution is -2.30. The third-order valence-corrected chi connectivity index (χ3v) is 2.30. The second-order valence-corrected chi connectivity index (χ2v) is 3.08. The number of carboxylic acids is 1. The van der Waals surface area contributed by atoms with Crippen LogP contribution in [0.25, 0.3) is 0 Å². The molecule has 0 aromatic carbocycles. The summed E-state index contributed by atoms with van der Waals surface area (Å²) in [5.74, 6) is -0.842. The number of allylic oxidation sites excluding steroid dienone is 1. The third-order valence-electron chi connectivity index (χ3n) is 2.30. The van der Waals surface area contributed by atoms with Gasteiger partial charge in [-0.1, -0.05) is 6.08 Å². The van der Waals surface area contributed by atoms with Crippen molar-refractivity contribution in [2.45, 2.75) is 18.9 Å². The van der Waals surface area contributed by atoms with Gasteiger partial charge in [0.15, 0.2) is 0 Å². The van der Waals surface area contributed by atoms with Crippen LogP contribution in [0.5, 0.6) is 0 Å². The van der Waals surface area contributed by atoms with Crippen LogP contribution in [0, 0.1) is 11.8 Å². The van der Waals surface area contributed by atoms with E-state index in [0.717, 1.165) is 6.42 Å². The minimum atomic E-state index is -0.776. The molecule has 0 unspecified atom stereocenters. The minimum Gasteiger partial charge on any atom is -0.481 e. The molecule has 11 heavy (non-hydrogen) atoms. The minimum absolute atomic E-state index is 0.185. The molecule has 1 saturated carbocycles. The standard InChI is InChI=1S/C8H13NO2/c1-2-5-3-6(8(10)11)7(9)4-5/h2,5-7H,1,3-4,9H2,(H,10,11)/t5-,6+,7-/m0/s1. The van der Waals surface area contributed by atoms with Gasteiger partial charge in [-0.05, 0) is 18.8 Å². The van der Waals surface area contributed by atoms with Crippen LogP contribution in [0.1, 0.15) is 12.8 Å². The van der Waals surface area contributed by atoms with Gasteiger partial charge >= 0.3 is 5.97 Å². The van der Waals surface area contributed by atoms with Crippen LogP contribution in [0.4, 0.5) is 0 Å². The molecule has 0 heterocycles. The molecular weight excluding hydrogens is 142 g/mol. The molecule has 0 spiro atoms. The summed E-state index contributed by atoms with van der Waals surface area (Å²) >= 11 is 0. The molecular formula is C8H13NO2. The maximum Gasteiger partial charge on any atom is 0.308 e. The Hall–Kier alpha value is -0.830. The van der Waals surface area contributed by atoms with E-state index in [0.29, 0.717) is 12.3 Å². The van der Waals surface area contributed by atoms with Crippen molar-refractivity contribution in [3.05, 3.63) is 12.7 Å². The zero-order valence-electron chi connectivity index (χ0n) is 6.36. The van der Waals surface area contributed by atoms with Crippen molar-refractivity contribution in [1.82, 2.24) is 0 Å². The first kappa shape index (κ1) is 8.27. The summed E-state index contributed by atoms with van der Waals surface area (Å²) in [6, 6.07) is -0.185. The highest BCUT2D eigenvalue weighted by Gasteiger charge is 2.34. The molecule has 3 heteroatoms. The van der Waals surface area contributed by atoms with Gasteiger partial charge < -0.3 is 10.8 Å². The summed E-state index contributed by atoms with van der Waals surface area (Å²) in [4.78, 5) is 10.6. The topological polar surface area (TPSA) is 63.3 Å². The second-order valence-electron chi connectivity index (χ2n) is 3.08. The quantitative estimate of drug-likeness (QED) is 0.574. The Labute approximate surface area is 65.9 Å². The van der Waals surface area contributed by atoms with Gasteiger partial charge in [0.25, 0.3) is 0 Å². The third kappa shape index (κ3) is 1.60. The highest BCUT2D eigenvalue weighted by molar-refractivity contribution is 5.71. The molecule has 3 atom stereocenters. The molecule has 3 N–H and O–H groups in total. The van der Waals surface area contributed by atoms with Gasteiger partial charge in [0, 0.05) is 6.04 Å². The number of aliphatic carboxylic acids is 1. The Bertz CT molecular complexity index is 179. The SMILES string of the molecule is C=C[C@@H]1C[C@H](N)[C@H](C(=O)O)C1. The zero-order valence-corrected chi connectivity index (χ0v) is 6.36. The Balaban J connectivity index is 2.58. The predicted molar refractivity (Wildman–Crippen MR) is 42.0 cm³/mol. The van der Waals surface area contributed by atoms with Crippen molar-refractivity contribution < 1.29 is 9.90 Å². The lowest BCUT2D eigenvalue weighted by atomic mass is 10.0. The van der Waals surface area contributed by atoms with E-state index in [1.165, 1.54) is 0 Å². The molecule has 0 aromatic heterocycles. The lowest BCUT2D eigenvalue weighted by Gasteiger charge is -2.07. The fourth-order valence-electron chi connectivity index (χ4n) is 1.59. The van der Waals surface area contributed by atoms with Crippen LogP contribution in [-0.2, 0) is 4.79 Å². The predicted octanol–water partition coefficient (Wildman–Crippen LogP) is 0.611. The molecule has 1 aliphatic rings. The Morgan fingerprint density at radius 1 is 1.64 bits per heavy atom. The highest BCUT2D eigenvalue weighted by Crippen LogP contribution is 2.30. The average Bonchev–Trinajstić information content (AvgIpc) is 2.30. The number of rotatable bonds is 2. The van der Waals surface area contributed by atoms with Gasteiger partial charge in [0.1, 0.15) is 0 Å². The van der Waals surface area contributed by atoms with E-state index in [-0.39, 0.29) is 12.0 Å². The largest absolute Gasteiger partial charge is 0.481 e. The first-order valence-electron chi connectivity index (χ1n) is 3.76. The molecule has 1 aliphatic carbocycles. The molecule has 62 valence electrons. The first-order valence-corrected chi connectivity index (χ1v) is 3.76. The number of nitrogens with two attached hydrogens (primary N) is 1. The van der Waals surface area contributed by atoms with Gasteiger partial charge in [-0.2, -0.15) is 0 Å². The van der Waals surface area contributed by atoms with Gasteiger partial charge in [-0.25, -0.2) is 0 Å². The Kier molecular flexibility index (Phi) is 2.29. The molecule has 3 nitrogen and oxygen atoms in total. The Morgan fingerprint density at radius 3 is 2.55 bits per heavy atom. The van der Waals surface area contributed by atoms with Gasteiger partial charge in [-0.15, -0.1) is 6.58 Å². The summed E-state index contributed by atoms with van der Waals surface area (Å²) in [5, 5.41) is 8.68. The van der Waals surface area contributed by atoms with E-state index < -0.39 is 5.97 Å². The fourth-order valence-corrected chi connectivity index (χ4v) is 1.59. The van der Waals surface area contributed by atoms with Crippen molar-refractivity contribution in [3.8, 4) is 0 Å². The normalized spacial score (nSPS) is 37.0. The van der Waals surface area contributed by atoms with Crippen molar-refractivity contribution in [3.63, 3.8) is 0 Å². The van der Waals surface area contributed by atoms with E-state index >= 15 is 0 Å². The van der Waals surface area contributed by atoms with Gasteiger partial charge in [0.2, 0.25) is 0 Å². The average molecular weight is 155 g/mol. The van der Waals surface area contributed by atoms with E-state index in [1.54, 1.807) is 6.08 Å². The molecule has 0 amide bonds. The van der Waals surface area contributed by atoms with Gasteiger partial charge in [0.05, 0.1) is 5.92 Å². The molecule has 0 aromatic rings. The second kappa shape index (κ2) is 3.05. The van der Waals surface area contributed by atoms with Crippen LogP contribution >= 0.6 is 0 Å². The smallest absolute Gasteiger partial charge is 0.308 e. The number of carbonyl (C=O) groups is 1. The number of hydrogen-bond acceptors (Lipinski definition) is 2. The molecule has 0 aliphatic heterocycles. The van der Waals surface area contributed by atoms with Crippen LogP contribution in [0.3, 0.4) is 0 Å².